The first kappa shape index (κ1) is 25.9. The molecule has 3 aliphatic rings. The van der Waals surface area contributed by atoms with Crippen molar-refractivity contribution in [2.24, 2.45) is 11.3 Å². The third kappa shape index (κ3) is 5.31. The summed E-state index contributed by atoms with van der Waals surface area (Å²) in [5.74, 6) is 1.71. The van der Waals surface area contributed by atoms with E-state index in [1.165, 1.54) is 5.56 Å². The molecule has 3 heterocycles. The van der Waals surface area contributed by atoms with Gasteiger partial charge in [0, 0.05) is 45.1 Å². The number of piperidine rings is 1. The highest BCUT2D eigenvalue weighted by molar-refractivity contribution is 5.86. The van der Waals surface area contributed by atoms with Crippen LogP contribution < -0.4 is 10.1 Å². The van der Waals surface area contributed by atoms with Gasteiger partial charge in [0.05, 0.1) is 18.6 Å². The average Bonchev–Trinajstić information content (AvgIpc) is 3.52. The first-order chi connectivity index (χ1) is 18.0. The van der Waals surface area contributed by atoms with Gasteiger partial charge in [-0.05, 0) is 55.6 Å². The SMILES string of the molecule is COCC(=O)C([C@@H]1CNC[C@@H]1c1ccccc1)N1CCC2(CCN(Cc3ccc(OC)cc3)C2=O)CC1. The Morgan fingerprint density at radius 3 is 2.38 bits per heavy atom. The molecule has 3 aliphatic heterocycles. The smallest absolute Gasteiger partial charge is 0.229 e. The summed E-state index contributed by atoms with van der Waals surface area (Å²) in [5, 5.41) is 3.54. The van der Waals surface area contributed by atoms with Crippen molar-refractivity contribution in [2.75, 3.05) is 53.6 Å². The van der Waals surface area contributed by atoms with Crippen molar-refractivity contribution < 1.29 is 19.1 Å². The maximum atomic E-state index is 13.6. The van der Waals surface area contributed by atoms with Crippen LogP contribution >= 0.6 is 0 Å². The molecule has 1 N–H and O–H groups in total. The van der Waals surface area contributed by atoms with Gasteiger partial charge in [0.25, 0.3) is 0 Å². The number of ether oxygens (including phenoxy) is 2. The maximum absolute atomic E-state index is 13.6. The number of carbonyl (C=O) groups excluding carboxylic acids is 2. The Hall–Kier alpha value is -2.74. The number of hydrogen-bond acceptors (Lipinski definition) is 6. The second kappa shape index (κ2) is 11.3. The largest absolute Gasteiger partial charge is 0.497 e. The summed E-state index contributed by atoms with van der Waals surface area (Å²) in [7, 11) is 3.25. The van der Waals surface area contributed by atoms with Gasteiger partial charge in [-0.3, -0.25) is 14.5 Å². The summed E-state index contributed by atoms with van der Waals surface area (Å²) in [4.78, 5) is 31.4. The van der Waals surface area contributed by atoms with E-state index in [-0.39, 0.29) is 41.6 Å². The molecule has 0 saturated carbocycles. The Balaban J connectivity index is 1.27. The number of nitrogens with zero attached hydrogens (tertiary/aromatic N) is 2. The lowest BCUT2D eigenvalue weighted by atomic mass is 9.75. The molecule has 3 saturated heterocycles. The predicted molar refractivity (Wildman–Crippen MR) is 142 cm³/mol. The van der Waals surface area contributed by atoms with Gasteiger partial charge in [-0.25, -0.2) is 0 Å². The van der Waals surface area contributed by atoms with Gasteiger partial charge < -0.3 is 19.7 Å². The Kier molecular flexibility index (Phi) is 7.93. The van der Waals surface area contributed by atoms with Crippen molar-refractivity contribution in [3.8, 4) is 5.75 Å². The number of methoxy groups -OCH3 is 2. The van der Waals surface area contributed by atoms with Crippen molar-refractivity contribution >= 4 is 11.7 Å². The van der Waals surface area contributed by atoms with Gasteiger partial charge in [-0.1, -0.05) is 42.5 Å². The second-order valence-corrected chi connectivity index (χ2v) is 10.8. The molecule has 2 aromatic carbocycles. The molecule has 7 heteroatoms. The number of hydrogen-bond donors (Lipinski definition) is 1. The molecule has 1 amide bonds. The Morgan fingerprint density at radius 2 is 1.70 bits per heavy atom. The fraction of sp³-hybridized carbons (Fsp3) is 0.533. The van der Waals surface area contributed by atoms with Crippen molar-refractivity contribution in [2.45, 2.75) is 37.8 Å². The minimum absolute atomic E-state index is 0.124. The van der Waals surface area contributed by atoms with Crippen molar-refractivity contribution in [3.63, 3.8) is 0 Å². The summed E-state index contributed by atoms with van der Waals surface area (Å²) in [6.45, 7) is 4.77. The van der Waals surface area contributed by atoms with Crippen LogP contribution in [0.2, 0.25) is 0 Å². The van der Waals surface area contributed by atoms with Gasteiger partial charge >= 0.3 is 0 Å². The average molecular weight is 506 g/mol. The molecule has 3 fully saturated rings. The monoisotopic (exact) mass is 505 g/mol. The van der Waals surface area contributed by atoms with Crippen LogP contribution in [0.15, 0.2) is 54.6 Å². The zero-order valence-corrected chi connectivity index (χ0v) is 22.0. The Bertz CT molecular complexity index is 1070. The van der Waals surface area contributed by atoms with Gasteiger partial charge in [0.1, 0.15) is 12.4 Å². The summed E-state index contributed by atoms with van der Waals surface area (Å²) in [5.41, 5.74) is 2.10. The number of carbonyl (C=O) groups is 2. The summed E-state index contributed by atoms with van der Waals surface area (Å²) < 4.78 is 10.6. The van der Waals surface area contributed by atoms with E-state index in [0.717, 1.165) is 63.3 Å². The van der Waals surface area contributed by atoms with Gasteiger partial charge in [0.15, 0.2) is 5.78 Å². The van der Waals surface area contributed by atoms with Crippen molar-refractivity contribution in [1.29, 1.82) is 0 Å². The molecule has 2 aromatic rings. The summed E-state index contributed by atoms with van der Waals surface area (Å²) >= 11 is 0. The minimum Gasteiger partial charge on any atom is -0.497 e. The molecule has 0 radical (unpaired) electrons. The van der Waals surface area contributed by atoms with Gasteiger partial charge in [-0.15, -0.1) is 0 Å². The highest BCUT2D eigenvalue weighted by Crippen LogP contribution is 2.44. The van der Waals surface area contributed by atoms with E-state index >= 15 is 0 Å². The van der Waals surface area contributed by atoms with Crippen molar-refractivity contribution in [1.82, 2.24) is 15.1 Å². The molecule has 0 aromatic heterocycles. The first-order valence-corrected chi connectivity index (χ1v) is 13.5. The fourth-order valence-electron chi connectivity index (χ4n) is 6.73. The molecular formula is C30H39N3O4. The van der Waals surface area contributed by atoms with Crippen LogP contribution in [-0.2, 0) is 20.9 Å². The standard InChI is InChI=1S/C30H39N3O4/c1-36-21-27(34)28(26-19-31-18-25(26)23-6-4-3-5-7-23)32-15-12-30(13-16-32)14-17-33(29(30)35)20-22-8-10-24(37-2)11-9-22/h3-11,25-26,28,31H,12-21H2,1-2H3/t25-,26-,28?/m1/s1. The number of benzene rings is 2. The lowest BCUT2D eigenvalue weighted by Gasteiger charge is -2.43. The Labute approximate surface area is 220 Å². The zero-order chi connectivity index (χ0) is 25.8. The van der Waals surface area contributed by atoms with Crippen LogP contribution in [0.3, 0.4) is 0 Å². The van der Waals surface area contributed by atoms with E-state index < -0.39 is 0 Å². The van der Waals surface area contributed by atoms with Gasteiger partial charge in [-0.2, -0.15) is 0 Å². The van der Waals surface area contributed by atoms with E-state index in [9.17, 15) is 9.59 Å². The third-order valence-corrected chi connectivity index (χ3v) is 8.79. The summed E-state index contributed by atoms with van der Waals surface area (Å²) in [6.07, 6.45) is 2.50. The quantitative estimate of drug-likeness (QED) is 0.565. The molecular weight excluding hydrogens is 466 g/mol. The van der Waals surface area contributed by atoms with E-state index in [0.29, 0.717) is 6.54 Å². The lowest BCUT2D eigenvalue weighted by molar-refractivity contribution is -0.140. The van der Waals surface area contributed by atoms with Crippen LogP contribution in [0, 0.1) is 11.3 Å². The number of Topliss-reactive ketones (excluding diaryl/α,β-unsaturated/α-hetero) is 1. The van der Waals surface area contributed by atoms with Crippen molar-refractivity contribution in [3.05, 3.63) is 65.7 Å². The molecule has 1 unspecified atom stereocenters. The fourth-order valence-corrected chi connectivity index (χ4v) is 6.73. The highest BCUT2D eigenvalue weighted by atomic mass is 16.5. The third-order valence-electron chi connectivity index (χ3n) is 8.79. The maximum Gasteiger partial charge on any atom is 0.229 e. The predicted octanol–water partition coefficient (Wildman–Crippen LogP) is 3.10. The van der Waals surface area contributed by atoms with Crippen LogP contribution in [0.4, 0.5) is 0 Å². The number of likely N-dealkylation sites (tertiary alicyclic amines) is 2. The Morgan fingerprint density at radius 1 is 1.00 bits per heavy atom. The molecule has 0 aliphatic carbocycles. The number of amides is 1. The van der Waals surface area contributed by atoms with E-state index in [1.807, 2.05) is 35.2 Å². The molecule has 0 bridgehead atoms. The molecule has 37 heavy (non-hydrogen) atoms. The van der Waals surface area contributed by atoms with Gasteiger partial charge in [0.2, 0.25) is 5.91 Å². The van der Waals surface area contributed by atoms with E-state index in [4.69, 9.17) is 9.47 Å². The van der Waals surface area contributed by atoms with Crippen LogP contribution in [0.5, 0.6) is 5.75 Å². The molecule has 198 valence electrons. The van der Waals surface area contributed by atoms with E-state index in [2.05, 4.69) is 34.5 Å². The van der Waals surface area contributed by atoms with Crippen LogP contribution in [0.25, 0.3) is 0 Å². The molecule has 1 spiro atoms. The topological polar surface area (TPSA) is 71.1 Å². The number of rotatable bonds is 9. The second-order valence-electron chi connectivity index (χ2n) is 10.8. The highest BCUT2D eigenvalue weighted by Gasteiger charge is 2.50. The van der Waals surface area contributed by atoms with Crippen LogP contribution in [-0.4, -0.2) is 81.1 Å². The van der Waals surface area contributed by atoms with E-state index in [1.54, 1.807) is 14.2 Å². The first-order valence-electron chi connectivity index (χ1n) is 13.5. The number of ketones is 1. The van der Waals surface area contributed by atoms with Crippen LogP contribution in [0.1, 0.15) is 36.3 Å². The molecule has 5 rings (SSSR count). The minimum atomic E-state index is -0.301. The molecule has 3 atom stereocenters. The lowest BCUT2D eigenvalue weighted by Crippen LogP contribution is -2.54. The molecule has 7 nitrogen and oxygen atoms in total. The normalized spacial score (nSPS) is 24.5. The summed E-state index contributed by atoms with van der Waals surface area (Å²) in [6, 6.07) is 18.3. The zero-order valence-electron chi connectivity index (χ0n) is 22.0. The number of nitrogens with one attached hydrogen (secondary N) is 1.